The van der Waals surface area contributed by atoms with E-state index in [0.29, 0.717) is 36.0 Å². The van der Waals surface area contributed by atoms with Gasteiger partial charge in [0.2, 0.25) is 5.91 Å². The van der Waals surface area contributed by atoms with Gasteiger partial charge in [-0.1, -0.05) is 41.9 Å². The molecule has 218 valence electrons. The molecule has 4 aromatic rings. The maximum Gasteiger partial charge on any atom is 0.332 e. The van der Waals surface area contributed by atoms with Crippen molar-refractivity contribution in [2.75, 3.05) is 25.6 Å². The molecule has 2 heterocycles. The second-order valence-corrected chi connectivity index (χ2v) is 10.5. The molecule has 0 aliphatic carbocycles. The van der Waals surface area contributed by atoms with Crippen molar-refractivity contribution in [1.29, 1.82) is 0 Å². The quantitative estimate of drug-likeness (QED) is 0.291. The van der Waals surface area contributed by atoms with Gasteiger partial charge in [-0.3, -0.25) is 23.5 Å². The third-order valence-corrected chi connectivity index (χ3v) is 7.41. The van der Waals surface area contributed by atoms with Crippen LogP contribution in [0.4, 0.5) is 5.69 Å². The molecule has 10 nitrogen and oxygen atoms in total. The third kappa shape index (κ3) is 6.56. The largest absolute Gasteiger partial charge is 0.495 e. The van der Waals surface area contributed by atoms with Crippen molar-refractivity contribution in [3.63, 3.8) is 0 Å². The molecule has 1 aliphatic heterocycles. The number of anilines is 1. The Hall–Kier alpha value is -4.41. The summed E-state index contributed by atoms with van der Waals surface area (Å²) >= 11 is 6.11. The molecule has 0 spiro atoms. The number of nitrogens with one attached hydrogen (secondary N) is 2. The lowest BCUT2D eigenvalue weighted by atomic mass is 10.1. The molecule has 1 atom stereocenters. The van der Waals surface area contributed by atoms with E-state index in [9.17, 15) is 19.2 Å². The number of carbonyl (C=O) groups excluding carboxylic acids is 2. The smallest absolute Gasteiger partial charge is 0.332 e. The average Bonchev–Trinajstić information content (AvgIpc) is 3.51. The summed E-state index contributed by atoms with van der Waals surface area (Å²) in [5.41, 5.74) is 0.680. The first-order valence-corrected chi connectivity index (χ1v) is 14.1. The lowest BCUT2D eigenvalue weighted by molar-refractivity contribution is -0.116. The molecule has 1 saturated heterocycles. The molecule has 0 saturated carbocycles. The summed E-state index contributed by atoms with van der Waals surface area (Å²) < 4.78 is 13.3. The first-order chi connectivity index (χ1) is 20.3. The SMILES string of the molecule is COc1ccc(Cl)cc1NC(=O)Cn1c(=O)n(CC2CCCO2)c(=O)c2ccc(C(=O)NCCc3ccccc3)cc21. The van der Waals surface area contributed by atoms with Crippen LogP contribution in [0.15, 0.2) is 76.3 Å². The highest BCUT2D eigenvalue weighted by molar-refractivity contribution is 6.31. The first kappa shape index (κ1) is 29.1. The van der Waals surface area contributed by atoms with E-state index >= 15 is 0 Å². The van der Waals surface area contributed by atoms with E-state index in [4.69, 9.17) is 21.1 Å². The Labute approximate surface area is 246 Å². The van der Waals surface area contributed by atoms with Crippen LogP contribution in [0.3, 0.4) is 0 Å². The van der Waals surface area contributed by atoms with E-state index < -0.39 is 23.7 Å². The number of methoxy groups -OCH3 is 1. The molecule has 42 heavy (non-hydrogen) atoms. The molecule has 5 rings (SSSR count). The summed E-state index contributed by atoms with van der Waals surface area (Å²) in [5.74, 6) is -0.509. The molecule has 0 radical (unpaired) electrons. The Kier molecular flexibility index (Phi) is 9.04. The predicted octanol–water partition coefficient (Wildman–Crippen LogP) is 3.62. The summed E-state index contributed by atoms with van der Waals surface area (Å²) in [6.07, 6.45) is 1.93. The number of hydrogen-bond acceptors (Lipinski definition) is 6. The van der Waals surface area contributed by atoms with Crippen LogP contribution in [0.5, 0.6) is 5.75 Å². The zero-order valence-electron chi connectivity index (χ0n) is 23.1. The van der Waals surface area contributed by atoms with Gasteiger partial charge < -0.3 is 20.1 Å². The van der Waals surface area contributed by atoms with Crippen LogP contribution in [-0.4, -0.2) is 47.3 Å². The Morgan fingerprint density at radius 2 is 1.86 bits per heavy atom. The molecular formula is C31H31ClN4O6. The van der Waals surface area contributed by atoms with Crippen molar-refractivity contribution in [1.82, 2.24) is 14.5 Å². The number of benzene rings is 3. The Bertz CT molecular complexity index is 1730. The number of fused-ring (bicyclic) bond motifs is 1. The van der Waals surface area contributed by atoms with Gasteiger partial charge in [-0.25, -0.2) is 4.79 Å². The van der Waals surface area contributed by atoms with E-state index in [2.05, 4.69) is 10.6 Å². The van der Waals surface area contributed by atoms with E-state index in [1.165, 1.54) is 29.9 Å². The molecule has 3 aromatic carbocycles. The van der Waals surface area contributed by atoms with Crippen LogP contribution in [0, 0.1) is 0 Å². The van der Waals surface area contributed by atoms with Crippen LogP contribution in [0.1, 0.15) is 28.8 Å². The van der Waals surface area contributed by atoms with Crippen molar-refractivity contribution in [3.8, 4) is 5.75 Å². The number of carbonyl (C=O) groups is 2. The number of rotatable bonds is 10. The van der Waals surface area contributed by atoms with Crippen LogP contribution in [-0.2, 0) is 29.0 Å². The van der Waals surface area contributed by atoms with Crippen LogP contribution in [0.25, 0.3) is 10.9 Å². The van der Waals surface area contributed by atoms with Crippen molar-refractivity contribution < 1.29 is 19.1 Å². The summed E-state index contributed by atoms with van der Waals surface area (Å²) in [7, 11) is 1.46. The Morgan fingerprint density at radius 1 is 1.05 bits per heavy atom. The number of ether oxygens (including phenoxy) is 2. The zero-order chi connectivity index (χ0) is 29.6. The second kappa shape index (κ2) is 13.1. The van der Waals surface area contributed by atoms with Crippen molar-refractivity contribution in [3.05, 3.63) is 104 Å². The molecule has 11 heteroatoms. The van der Waals surface area contributed by atoms with Gasteiger partial charge in [0, 0.05) is 23.7 Å². The minimum absolute atomic E-state index is 0.0685. The molecular weight excluding hydrogens is 560 g/mol. The number of hydrogen-bond donors (Lipinski definition) is 2. The number of nitrogens with zero attached hydrogens (tertiary/aromatic N) is 2. The van der Waals surface area contributed by atoms with Gasteiger partial charge in [-0.05, 0) is 61.2 Å². The zero-order valence-corrected chi connectivity index (χ0v) is 23.9. The van der Waals surface area contributed by atoms with E-state index in [1.807, 2.05) is 30.3 Å². The van der Waals surface area contributed by atoms with Gasteiger partial charge >= 0.3 is 5.69 Å². The van der Waals surface area contributed by atoms with Crippen molar-refractivity contribution in [2.45, 2.75) is 38.5 Å². The van der Waals surface area contributed by atoms with Gasteiger partial charge in [0.25, 0.3) is 11.5 Å². The number of amides is 2. The normalized spacial score (nSPS) is 14.6. The minimum atomic E-state index is -0.669. The Morgan fingerprint density at radius 3 is 2.60 bits per heavy atom. The standard InChI is InChI=1S/C31H31ClN4O6/c1-41-27-12-10-22(32)17-25(27)34-28(37)19-35-26-16-21(29(38)33-14-13-20-6-3-2-4-7-20)9-11-24(26)30(39)36(31(35)40)18-23-8-5-15-42-23/h2-4,6-7,9-12,16-17,23H,5,8,13-15,18-19H2,1H3,(H,33,38)(H,34,37). The minimum Gasteiger partial charge on any atom is -0.495 e. The van der Waals surface area contributed by atoms with Gasteiger partial charge in [-0.2, -0.15) is 0 Å². The fourth-order valence-corrected chi connectivity index (χ4v) is 5.21. The fraction of sp³-hybridized carbons (Fsp3) is 0.290. The second-order valence-electron chi connectivity index (χ2n) is 10.0. The first-order valence-electron chi connectivity index (χ1n) is 13.7. The highest BCUT2D eigenvalue weighted by Crippen LogP contribution is 2.27. The van der Waals surface area contributed by atoms with Crippen LogP contribution in [0.2, 0.25) is 5.02 Å². The summed E-state index contributed by atoms with van der Waals surface area (Å²) in [6, 6.07) is 19.1. The maximum absolute atomic E-state index is 13.7. The molecule has 1 aromatic heterocycles. The summed E-state index contributed by atoms with van der Waals surface area (Å²) in [4.78, 5) is 53.4. The van der Waals surface area contributed by atoms with Gasteiger partial charge in [0.1, 0.15) is 12.3 Å². The average molecular weight is 591 g/mol. The number of halogens is 1. The lowest BCUT2D eigenvalue weighted by Crippen LogP contribution is -2.43. The maximum atomic E-state index is 13.7. The monoisotopic (exact) mass is 590 g/mol. The topological polar surface area (TPSA) is 121 Å². The predicted molar refractivity (Wildman–Crippen MR) is 161 cm³/mol. The van der Waals surface area contributed by atoms with E-state index in [1.54, 1.807) is 18.2 Å². The van der Waals surface area contributed by atoms with Gasteiger partial charge in [0.15, 0.2) is 0 Å². The highest BCUT2D eigenvalue weighted by atomic mass is 35.5. The molecule has 2 N–H and O–H groups in total. The van der Waals surface area contributed by atoms with E-state index in [0.717, 1.165) is 23.0 Å². The third-order valence-electron chi connectivity index (χ3n) is 7.18. The fourth-order valence-electron chi connectivity index (χ4n) is 5.04. The molecule has 1 aliphatic rings. The number of aromatic nitrogens is 2. The highest BCUT2D eigenvalue weighted by Gasteiger charge is 2.22. The Balaban J connectivity index is 1.48. The van der Waals surface area contributed by atoms with Crippen molar-refractivity contribution >= 4 is 40.0 Å². The van der Waals surface area contributed by atoms with Crippen LogP contribution >= 0.6 is 11.6 Å². The molecule has 2 amide bonds. The summed E-state index contributed by atoms with van der Waals surface area (Å²) in [5, 5.41) is 6.21. The molecule has 1 fully saturated rings. The molecule has 0 bridgehead atoms. The van der Waals surface area contributed by atoms with E-state index in [-0.39, 0.29) is 35.0 Å². The molecule has 1 unspecified atom stereocenters. The lowest BCUT2D eigenvalue weighted by Gasteiger charge is -2.17. The van der Waals surface area contributed by atoms with Crippen molar-refractivity contribution in [2.24, 2.45) is 0 Å². The summed E-state index contributed by atoms with van der Waals surface area (Å²) in [6.45, 7) is 0.614. The van der Waals surface area contributed by atoms with Crippen LogP contribution < -0.4 is 26.6 Å². The van der Waals surface area contributed by atoms with Gasteiger partial charge in [-0.15, -0.1) is 0 Å². The van der Waals surface area contributed by atoms with Gasteiger partial charge in [0.05, 0.1) is 36.3 Å².